The van der Waals surface area contributed by atoms with Crippen LogP contribution in [0, 0.1) is 23.3 Å². The monoisotopic (exact) mass is 560 g/mol. The van der Waals surface area contributed by atoms with Gasteiger partial charge in [-0.25, -0.2) is 17.6 Å². The number of amides is 2. The molecule has 0 spiro atoms. The molecule has 0 radical (unpaired) electrons. The Balaban J connectivity index is 1.52. The van der Waals surface area contributed by atoms with Crippen LogP contribution in [0.3, 0.4) is 0 Å². The fourth-order valence-electron chi connectivity index (χ4n) is 5.61. The van der Waals surface area contributed by atoms with Crippen LogP contribution in [-0.4, -0.2) is 21.7 Å². The molecule has 2 amide bonds. The number of aromatic amines is 1. The predicted octanol–water partition coefficient (Wildman–Crippen LogP) is 8.34. The van der Waals surface area contributed by atoms with Gasteiger partial charge < -0.3 is 4.98 Å². The van der Waals surface area contributed by atoms with Gasteiger partial charge in [-0.05, 0) is 34.7 Å². The van der Waals surface area contributed by atoms with Gasteiger partial charge in [-0.1, -0.05) is 45.0 Å². The molecule has 6 aromatic rings. The van der Waals surface area contributed by atoms with E-state index in [1.165, 1.54) is 0 Å². The predicted molar refractivity (Wildman–Crippen MR) is 148 cm³/mol. The fourth-order valence-corrected chi connectivity index (χ4v) is 6.83. The molecule has 0 fully saturated rings. The largest absolute Gasteiger partial charge is 0.353 e. The Labute approximate surface area is 228 Å². The minimum atomic E-state index is -1.10. The molecule has 1 aliphatic rings. The van der Waals surface area contributed by atoms with Crippen molar-refractivity contribution in [1.29, 1.82) is 0 Å². The summed E-state index contributed by atoms with van der Waals surface area (Å²) < 4.78 is 58.0. The minimum absolute atomic E-state index is 0.0177. The molecule has 40 heavy (non-hydrogen) atoms. The summed E-state index contributed by atoms with van der Waals surface area (Å²) in [6.45, 7) is 6.23. The molecular weight excluding hydrogens is 540 g/mol. The van der Waals surface area contributed by atoms with E-state index in [2.05, 4.69) is 25.8 Å². The minimum Gasteiger partial charge on any atom is -0.353 e. The second kappa shape index (κ2) is 8.14. The average Bonchev–Trinajstić information content (AvgIpc) is 3.51. The van der Waals surface area contributed by atoms with Gasteiger partial charge in [0.25, 0.3) is 11.8 Å². The molecule has 0 unspecified atom stereocenters. The molecule has 0 saturated heterocycles. The third-order valence-corrected chi connectivity index (χ3v) is 8.80. The molecule has 7 rings (SSSR count). The summed E-state index contributed by atoms with van der Waals surface area (Å²) in [6, 6.07) is 11.7. The third-order valence-electron chi connectivity index (χ3n) is 7.63. The van der Waals surface area contributed by atoms with Crippen LogP contribution in [0.4, 0.5) is 17.6 Å². The molecule has 4 nitrogen and oxygen atoms in total. The number of nitrogens with zero attached hydrogens (tertiary/aromatic N) is 1. The second-order valence-electron chi connectivity index (χ2n) is 11.1. The number of imide groups is 1. The Morgan fingerprint density at radius 2 is 1.35 bits per heavy atom. The number of fused-ring (bicyclic) bond motifs is 10. The summed E-state index contributed by atoms with van der Waals surface area (Å²) in [6.07, 6.45) is 0. The first-order valence-corrected chi connectivity index (χ1v) is 13.4. The molecule has 9 heteroatoms. The van der Waals surface area contributed by atoms with Crippen molar-refractivity contribution in [3.8, 4) is 0 Å². The number of aromatic nitrogens is 1. The first kappa shape index (κ1) is 24.8. The van der Waals surface area contributed by atoms with Gasteiger partial charge >= 0.3 is 0 Å². The SMILES string of the molecule is CC(C)(C)c1ccc(CN2C(=O)c3c(c4c5cc(F)c(F)cc5sc4c4[nH]c5cc(F)c(F)cc5c34)C2=O)cc1. The van der Waals surface area contributed by atoms with E-state index in [1.54, 1.807) is 0 Å². The van der Waals surface area contributed by atoms with E-state index in [4.69, 9.17) is 0 Å². The number of rotatable bonds is 2. The lowest BCUT2D eigenvalue weighted by molar-refractivity contribution is 0.0643. The van der Waals surface area contributed by atoms with Crippen molar-refractivity contribution in [1.82, 2.24) is 9.88 Å². The average molecular weight is 561 g/mol. The van der Waals surface area contributed by atoms with Gasteiger partial charge in [0.2, 0.25) is 0 Å². The maximum absolute atomic E-state index is 14.4. The van der Waals surface area contributed by atoms with Gasteiger partial charge in [-0.15, -0.1) is 11.3 Å². The highest BCUT2D eigenvalue weighted by atomic mass is 32.1. The lowest BCUT2D eigenvalue weighted by Crippen LogP contribution is -2.29. The van der Waals surface area contributed by atoms with Crippen LogP contribution >= 0.6 is 11.3 Å². The molecule has 1 N–H and O–H groups in total. The van der Waals surface area contributed by atoms with Crippen molar-refractivity contribution in [3.05, 3.63) is 94.1 Å². The molecule has 0 atom stereocenters. The Morgan fingerprint density at radius 3 is 2.00 bits per heavy atom. The smallest absolute Gasteiger partial charge is 0.262 e. The van der Waals surface area contributed by atoms with Crippen molar-refractivity contribution in [2.75, 3.05) is 0 Å². The molecule has 2 aromatic heterocycles. The highest BCUT2D eigenvalue weighted by Crippen LogP contribution is 2.48. The number of hydrogen-bond acceptors (Lipinski definition) is 3. The number of hydrogen-bond donors (Lipinski definition) is 1. The number of benzene rings is 4. The van der Waals surface area contributed by atoms with E-state index >= 15 is 0 Å². The summed E-state index contributed by atoms with van der Waals surface area (Å²) in [7, 11) is 0. The zero-order valence-electron chi connectivity index (χ0n) is 21.5. The first-order chi connectivity index (χ1) is 18.9. The van der Waals surface area contributed by atoms with Crippen LogP contribution < -0.4 is 0 Å². The Hall–Kier alpha value is -4.24. The number of H-pyrrole nitrogens is 1. The van der Waals surface area contributed by atoms with Crippen LogP contribution in [0.25, 0.3) is 42.0 Å². The van der Waals surface area contributed by atoms with E-state index < -0.39 is 35.1 Å². The van der Waals surface area contributed by atoms with Crippen LogP contribution in [0.1, 0.15) is 52.6 Å². The molecule has 1 aliphatic heterocycles. The Morgan fingerprint density at radius 1 is 0.775 bits per heavy atom. The molecule has 0 aliphatic carbocycles. The lowest BCUT2D eigenvalue weighted by Gasteiger charge is -2.20. The molecule has 200 valence electrons. The van der Waals surface area contributed by atoms with Gasteiger partial charge in [0.1, 0.15) is 0 Å². The topological polar surface area (TPSA) is 53.2 Å². The van der Waals surface area contributed by atoms with Gasteiger partial charge in [0.15, 0.2) is 23.3 Å². The lowest BCUT2D eigenvalue weighted by atomic mass is 9.87. The summed E-state index contributed by atoms with van der Waals surface area (Å²) in [4.78, 5) is 32.1. The van der Waals surface area contributed by atoms with Gasteiger partial charge in [0.05, 0.1) is 27.9 Å². The van der Waals surface area contributed by atoms with E-state index in [0.717, 1.165) is 51.6 Å². The molecule has 0 bridgehead atoms. The molecule has 4 aromatic carbocycles. The van der Waals surface area contributed by atoms with Crippen LogP contribution in [0.15, 0.2) is 48.5 Å². The van der Waals surface area contributed by atoms with E-state index in [0.29, 0.717) is 20.3 Å². The Bertz CT molecular complexity index is 1980. The number of carbonyl (C=O) groups is 2. The quantitative estimate of drug-likeness (QED) is 0.171. The maximum Gasteiger partial charge on any atom is 0.262 e. The fraction of sp³-hybridized carbons (Fsp3) is 0.161. The van der Waals surface area contributed by atoms with Gasteiger partial charge in [0, 0.05) is 37.8 Å². The zero-order valence-corrected chi connectivity index (χ0v) is 22.3. The van der Waals surface area contributed by atoms with Crippen LogP contribution in [0.5, 0.6) is 0 Å². The van der Waals surface area contributed by atoms with Gasteiger partial charge in [-0.3, -0.25) is 14.5 Å². The van der Waals surface area contributed by atoms with E-state index in [1.807, 2.05) is 24.3 Å². The molecule has 3 heterocycles. The van der Waals surface area contributed by atoms with Crippen molar-refractivity contribution in [3.63, 3.8) is 0 Å². The summed E-state index contributed by atoms with van der Waals surface area (Å²) in [5.41, 5.74) is 2.41. The Kier molecular flexibility index (Phi) is 5.04. The highest BCUT2D eigenvalue weighted by molar-refractivity contribution is 7.26. The summed E-state index contributed by atoms with van der Waals surface area (Å²) >= 11 is 1.11. The zero-order chi connectivity index (χ0) is 28.2. The second-order valence-corrected chi connectivity index (χ2v) is 12.2. The van der Waals surface area contributed by atoms with Crippen molar-refractivity contribution in [2.45, 2.75) is 32.7 Å². The molecular formula is C31H20F4N2O2S. The van der Waals surface area contributed by atoms with E-state index in [9.17, 15) is 27.2 Å². The number of nitrogens with one attached hydrogen (secondary N) is 1. The number of thiophene rings is 1. The normalized spacial score (nSPS) is 14.0. The summed E-state index contributed by atoms with van der Waals surface area (Å²) in [5, 5.41) is 1.09. The van der Waals surface area contributed by atoms with Crippen molar-refractivity contribution in [2.24, 2.45) is 0 Å². The standard InChI is InChI=1S/C31H20F4N2O2S/c1-31(2,3)14-6-4-13(5-7-14)12-37-29(38)25-23-15-8-17(32)19(34)10-21(15)36-27(23)28-24(26(25)30(37)39)16-9-18(33)20(35)11-22(16)40-28/h4-11,36H,12H2,1-3H3. The number of carbonyl (C=O) groups excluding carboxylic acids is 2. The molecule has 0 saturated carbocycles. The highest BCUT2D eigenvalue weighted by Gasteiger charge is 2.41. The van der Waals surface area contributed by atoms with Crippen molar-refractivity contribution >= 4 is 65.1 Å². The third kappa shape index (κ3) is 3.37. The van der Waals surface area contributed by atoms with E-state index in [-0.39, 0.29) is 44.8 Å². The number of halogens is 4. The summed E-state index contributed by atoms with van der Waals surface area (Å²) in [5.74, 6) is -5.50. The first-order valence-electron chi connectivity index (χ1n) is 12.6. The van der Waals surface area contributed by atoms with Crippen molar-refractivity contribution < 1.29 is 27.2 Å². The van der Waals surface area contributed by atoms with Crippen LogP contribution in [0.2, 0.25) is 0 Å². The van der Waals surface area contributed by atoms with Crippen LogP contribution in [-0.2, 0) is 12.0 Å². The van der Waals surface area contributed by atoms with Gasteiger partial charge in [-0.2, -0.15) is 0 Å². The maximum atomic E-state index is 14.4.